The van der Waals surface area contributed by atoms with Crippen LogP contribution in [0.3, 0.4) is 0 Å². The molecule has 0 radical (unpaired) electrons. The van der Waals surface area contributed by atoms with Gasteiger partial charge in [-0.3, -0.25) is 0 Å². The quantitative estimate of drug-likeness (QED) is 0.664. The molecule has 1 aliphatic rings. The molecule has 0 fully saturated rings. The van der Waals surface area contributed by atoms with E-state index in [0.29, 0.717) is 11.1 Å². The monoisotopic (exact) mass is 185 g/mol. The minimum Gasteiger partial charge on any atom is -0.326 e. The highest BCUT2D eigenvalue weighted by atomic mass is 35.5. The molecule has 0 amide bonds. The standard InChI is InChI=1S/C8H12ClN3/c1-5-2-6(10)4-12-7(9)3-11-8(5)12/h3,5-6H,2,4,10H2,1H3. The summed E-state index contributed by atoms with van der Waals surface area (Å²) >= 11 is 5.93. The fraction of sp³-hybridized carbons (Fsp3) is 0.625. The van der Waals surface area contributed by atoms with Crippen molar-refractivity contribution in [3.63, 3.8) is 0 Å². The second-order valence-electron chi connectivity index (χ2n) is 3.45. The van der Waals surface area contributed by atoms with Crippen LogP contribution in [0.1, 0.15) is 25.1 Å². The topological polar surface area (TPSA) is 43.8 Å². The van der Waals surface area contributed by atoms with E-state index < -0.39 is 0 Å². The lowest BCUT2D eigenvalue weighted by molar-refractivity contribution is 0.407. The minimum atomic E-state index is 0.221. The highest BCUT2D eigenvalue weighted by Gasteiger charge is 2.24. The van der Waals surface area contributed by atoms with Crippen molar-refractivity contribution in [3.05, 3.63) is 17.2 Å². The van der Waals surface area contributed by atoms with Crippen molar-refractivity contribution in [2.75, 3.05) is 0 Å². The smallest absolute Gasteiger partial charge is 0.128 e. The molecule has 0 spiro atoms. The molecule has 1 aromatic rings. The van der Waals surface area contributed by atoms with Crippen molar-refractivity contribution in [2.45, 2.75) is 31.8 Å². The number of imidazole rings is 1. The Balaban J connectivity index is 2.43. The molecule has 0 aromatic carbocycles. The van der Waals surface area contributed by atoms with Gasteiger partial charge in [-0.2, -0.15) is 0 Å². The summed E-state index contributed by atoms with van der Waals surface area (Å²) in [6.45, 7) is 2.94. The fourth-order valence-electron chi connectivity index (χ4n) is 1.81. The van der Waals surface area contributed by atoms with Gasteiger partial charge in [-0.05, 0) is 6.42 Å². The Hall–Kier alpha value is -0.540. The summed E-state index contributed by atoms with van der Waals surface area (Å²) < 4.78 is 2.00. The van der Waals surface area contributed by atoms with Gasteiger partial charge in [-0.15, -0.1) is 0 Å². The molecule has 0 saturated heterocycles. The molecule has 2 unspecified atom stereocenters. The van der Waals surface area contributed by atoms with Crippen LogP contribution in [0, 0.1) is 0 Å². The molecule has 2 atom stereocenters. The summed E-state index contributed by atoms with van der Waals surface area (Å²) in [4.78, 5) is 4.25. The van der Waals surface area contributed by atoms with Gasteiger partial charge in [-0.25, -0.2) is 4.98 Å². The molecule has 1 aromatic heterocycles. The predicted octanol–water partition coefficient (Wildman–Crippen LogP) is 1.37. The van der Waals surface area contributed by atoms with Gasteiger partial charge in [0.1, 0.15) is 11.0 Å². The Morgan fingerprint density at radius 3 is 3.25 bits per heavy atom. The van der Waals surface area contributed by atoms with Crippen molar-refractivity contribution in [1.82, 2.24) is 9.55 Å². The van der Waals surface area contributed by atoms with Crippen LogP contribution in [0.5, 0.6) is 0 Å². The maximum Gasteiger partial charge on any atom is 0.128 e. The molecule has 12 heavy (non-hydrogen) atoms. The van der Waals surface area contributed by atoms with Gasteiger partial charge in [0, 0.05) is 18.5 Å². The first-order valence-corrected chi connectivity index (χ1v) is 4.52. The molecule has 4 heteroatoms. The molecular weight excluding hydrogens is 174 g/mol. The summed E-state index contributed by atoms with van der Waals surface area (Å²) in [6, 6.07) is 0.221. The van der Waals surface area contributed by atoms with Gasteiger partial charge < -0.3 is 10.3 Å². The lowest BCUT2D eigenvalue weighted by Gasteiger charge is -2.25. The third-order valence-electron chi connectivity index (χ3n) is 2.35. The van der Waals surface area contributed by atoms with Gasteiger partial charge in [0.05, 0.1) is 6.20 Å². The highest BCUT2D eigenvalue weighted by Crippen LogP contribution is 2.27. The number of rotatable bonds is 0. The van der Waals surface area contributed by atoms with Crippen molar-refractivity contribution >= 4 is 11.6 Å². The van der Waals surface area contributed by atoms with Crippen LogP contribution in [0.2, 0.25) is 5.15 Å². The number of hydrogen-bond donors (Lipinski definition) is 1. The van der Waals surface area contributed by atoms with Crippen molar-refractivity contribution in [2.24, 2.45) is 5.73 Å². The Morgan fingerprint density at radius 2 is 2.50 bits per heavy atom. The number of aromatic nitrogens is 2. The zero-order chi connectivity index (χ0) is 8.72. The van der Waals surface area contributed by atoms with Crippen LogP contribution >= 0.6 is 11.6 Å². The van der Waals surface area contributed by atoms with Gasteiger partial charge in [0.25, 0.3) is 0 Å². The van der Waals surface area contributed by atoms with E-state index in [9.17, 15) is 0 Å². The average molecular weight is 186 g/mol. The Bertz CT molecular complexity index is 294. The normalized spacial score (nSPS) is 28.6. The zero-order valence-electron chi connectivity index (χ0n) is 7.00. The van der Waals surface area contributed by atoms with Gasteiger partial charge in [0.2, 0.25) is 0 Å². The molecule has 0 saturated carbocycles. The second-order valence-corrected chi connectivity index (χ2v) is 3.83. The zero-order valence-corrected chi connectivity index (χ0v) is 7.75. The van der Waals surface area contributed by atoms with Crippen molar-refractivity contribution in [1.29, 1.82) is 0 Å². The molecular formula is C8H12ClN3. The maximum absolute atomic E-state index is 5.93. The van der Waals surface area contributed by atoms with Crippen LogP contribution in [0.25, 0.3) is 0 Å². The largest absolute Gasteiger partial charge is 0.326 e. The maximum atomic E-state index is 5.93. The molecule has 0 bridgehead atoms. The molecule has 1 aliphatic heterocycles. The van der Waals surface area contributed by atoms with Crippen molar-refractivity contribution in [3.8, 4) is 0 Å². The third kappa shape index (κ3) is 1.13. The molecule has 3 nitrogen and oxygen atoms in total. The summed E-state index contributed by atoms with van der Waals surface area (Å²) in [5.74, 6) is 1.50. The van der Waals surface area contributed by atoms with E-state index in [4.69, 9.17) is 17.3 Å². The number of fused-ring (bicyclic) bond motifs is 1. The molecule has 2 N–H and O–H groups in total. The van der Waals surface area contributed by atoms with E-state index in [1.165, 1.54) is 0 Å². The van der Waals surface area contributed by atoms with Crippen molar-refractivity contribution < 1.29 is 0 Å². The Labute approximate surface area is 76.5 Å². The molecule has 2 rings (SSSR count). The molecule has 0 aliphatic carbocycles. The van der Waals surface area contributed by atoms with E-state index in [1.807, 2.05) is 4.57 Å². The first kappa shape index (κ1) is 8.08. The van der Waals surface area contributed by atoms with Crippen LogP contribution in [0.4, 0.5) is 0 Å². The average Bonchev–Trinajstić information content (AvgIpc) is 2.33. The van der Waals surface area contributed by atoms with Crippen LogP contribution < -0.4 is 5.73 Å². The van der Waals surface area contributed by atoms with Gasteiger partial charge >= 0.3 is 0 Å². The Kier molecular flexibility index (Phi) is 1.85. The number of halogens is 1. The van der Waals surface area contributed by atoms with E-state index in [0.717, 1.165) is 18.8 Å². The van der Waals surface area contributed by atoms with E-state index in [-0.39, 0.29) is 6.04 Å². The number of hydrogen-bond acceptors (Lipinski definition) is 2. The first-order chi connectivity index (χ1) is 5.68. The lowest BCUT2D eigenvalue weighted by atomic mass is 9.98. The van der Waals surface area contributed by atoms with E-state index in [1.54, 1.807) is 6.20 Å². The summed E-state index contributed by atoms with van der Waals surface area (Å²) in [5, 5.41) is 0.701. The van der Waals surface area contributed by atoms with Gasteiger partial charge in [0.15, 0.2) is 0 Å². The summed E-state index contributed by atoms with van der Waals surface area (Å²) in [7, 11) is 0. The summed E-state index contributed by atoms with van der Waals surface area (Å²) in [6.07, 6.45) is 2.71. The SMILES string of the molecule is CC1CC(N)Cn2c(Cl)cnc21. The Morgan fingerprint density at radius 1 is 1.75 bits per heavy atom. The second kappa shape index (κ2) is 2.75. The summed E-state index contributed by atoms with van der Waals surface area (Å²) in [5.41, 5.74) is 5.86. The number of nitrogens with two attached hydrogens (primary N) is 1. The van der Waals surface area contributed by atoms with E-state index >= 15 is 0 Å². The van der Waals surface area contributed by atoms with Gasteiger partial charge in [-0.1, -0.05) is 18.5 Å². The first-order valence-electron chi connectivity index (χ1n) is 4.15. The predicted molar refractivity (Wildman–Crippen MR) is 48.2 cm³/mol. The molecule has 2 heterocycles. The lowest BCUT2D eigenvalue weighted by Crippen LogP contribution is -2.33. The van der Waals surface area contributed by atoms with Crippen LogP contribution in [0.15, 0.2) is 6.20 Å². The number of nitrogens with zero attached hydrogens (tertiary/aromatic N) is 2. The highest BCUT2D eigenvalue weighted by molar-refractivity contribution is 6.29. The third-order valence-corrected chi connectivity index (χ3v) is 2.65. The fourth-order valence-corrected chi connectivity index (χ4v) is 2.02. The molecule has 66 valence electrons. The van der Waals surface area contributed by atoms with E-state index in [2.05, 4.69) is 11.9 Å². The van der Waals surface area contributed by atoms with Crippen LogP contribution in [-0.4, -0.2) is 15.6 Å². The van der Waals surface area contributed by atoms with Crippen LogP contribution in [-0.2, 0) is 6.54 Å². The minimum absolute atomic E-state index is 0.221.